The number of hydrogen-bond donors (Lipinski definition) is 1. The van der Waals surface area contributed by atoms with Crippen molar-refractivity contribution in [1.82, 2.24) is 10.1 Å². The van der Waals surface area contributed by atoms with Crippen molar-refractivity contribution in [3.63, 3.8) is 0 Å². The van der Waals surface area contributed by atoms with E-state index in [-0.39, 0.29) is 5.75 Å². The van der Waals surface area contributed by atoms with Crippen molar-refractivity contribution in [1.29, 1.82) is 0 Å². The number of aromatic nitrogens is 2. The summed E-state index contributed by atoms with van der Waals surface area (Å²) in [5, 5.41) is 13.5. The van der Waals surface area contributed by atoms with E-state index < -0.39 is 0 Å². The summed E-state index contributed by atoms with van der Waals surface area (Å²) in [5.74, 6) is 1.54. The maximum absolute atomic E-state index is 9.59. The maximum Gasteiger partial charge on any atom is 0.231 e. The summed E-state index contributed by atoms with van der Waals surface area (Å²) >= 11 is 0. The van der Waals surface area contributed by atoms with Crippen LogP contribution >= 0.6 is 0 Å². The van der Waals surface area contributed by atoms with Gasteiger partial charge in [0.1, 0.15) is 5.75 Å². The topological polar surface area (TPSA) is 59.2 Å². The smallest absolute Gasteiger partial charge is 0.231 e. The first-order chi connectivity index (χ1) is 7.79. The molecule has 16 heavy (non-hydrogen) atoms. The fourth-order valence-corrected chi connectivity index (χ4v) is 1.51. The Kier molecular flexibility index (Phi) is 3.19. The van der Waals surface area contributed by atoms with Crippen LogP contribution in [0.2, 0.25) is 0 Å². The molecule has 0 radical (unpaired) electrons. The number of aromatic hydroxyl groups is 1. The van der Waals surface area contributed by atoms with E-state index in [1.54, 1.807) is 12.1 Å². The van der Waals surface area contributed by atoms with E-state index in [0.29, 0.717) is 12.3 Å². The van der Waals surface area contributed by atoms with Crippen LogP contribution in [0.25, 0.3) is 0 Å². The standard InChI is InChI=1S/C12H14N2O2/c1-2-5-11-13-12(16-14-11)8-9-6-3-4-7-10(9)15/h3-4,6-7,15H,2,5,8H2,1H3. The Labute approximate surface area is 93.9 Å². The van der Waals surface area contributed by atoms with E-state index in [9.17, 15) is 5.11 Å². The van der Waals surface area contributed by atoms with Crippen LogP contribution in [0.3, 0.4) is 0 Å². The van der Waals surface area contributed by atoms with Crippen molar-refractivity contribution in [3.05, 3.63) is 41.5 Å². The van der Waals surface area contributed by atoms with E-state index >= 15 is 0 Å². The molecule has 0 amide bonds. The number of nitrogens with zero attached hydrogens (tertiary/aromatic N) is 2. The summed E-state index contributed by atoms with van der Waals surface area (Å²) in [6, 6.07) is 7.16. The third-order valence-electron chi connectivity index (χ3n) is 2.32. The van der Waals surface area contributed by atoms with E-state index in [4.69, 9.17) is 4.52 Å². The normalized spacial score (nSPS) is 10.6. The third-order valence-corrected chi connectivity index (χ3v) is 2.32. The summed E-state index contributed by atoms with van der Waals surface area (Å²) in [7, 11) is 0. The number of aryl methyl sites for hydroxylation is 1. The van der Waals surface area contributed by atoms with E-state index in [1.807, 2.05) is 12.1 Å². The quantitative estimate of drug-likeness (QED) is 0.855. The largest absolute Gasteiger partial charge is 0.508 e. The Bertz CT molecular complexity index is 466. The molecule has 1 heterocycles. The molecule has 0 aliphatic heterocycles. The summed E-state index contributed by atoms with van der Waals surface area (Å²) < 4.78 is 5.10. The van der Waals surface area contributed by atoms with E-state index in [0.717, 1.165) is 24.2 Å². The van der Waals surface area contributed by atoms with Gasteiger partial charge in [0, 0.05) is 12.0 Å². The van der Waals surface area contributed by atoms with Gasteiger partial charge in [-0.2, -0.15) is 4.98 Å². The van der Waals surface area contributed by atoms with Gasteiger partial charge in [-0.15, -0.1) is 0 Å². The summed E-state index contributed by atoms with van der Waals surface area (Å²) in [6.45, 7) is 2.07. The zero-order valence-electron chi connectivity index (χ0n) is 9.18. The van der Waals surface area contributed by atoms with Crippen molar-refractivity contribution < 1.29 is 9.63 Å². The van der Waals surface area contributed by atoms with Crippen molar-refractivity contribution in [2.24, 2.45) is 0 Å². The highest BCUT2D eigenvalue weighted by atomic mass is 16.5. The monoisotopic (exact) mass is 218 g/mol. The predicted octanol–water partition coefficient (Wildman–Crippen LogP) is 2.32. The van der Waals surface area contributed by atoms with Crippen LogP contribution in [0.4, 0.5) is 0 Å². The van der Waals surface area contributed by atoms with Gasteiger partial charge in [0.15, 0.2) is 5.82 Å². The fraction of sp³-hybridized carbons (Fsp3) is 0.333. The Hall–Kier alpha value is -1.84. The van der Waals surface area contributed by atoms with Crippen LogP contribution in [0, 0.1) is 0 Å². The molecule has 4 nitrogen and oxygen atoms in total. The highest BCUT2D eigenvalue weighted by Gasteiger charge is 2.08. The van der Waals surface area contributed by atoms with E-state index in [2.05, 4.69) is 17.1 Å². The zero-order valence-corrected chi connectivity index (χ0v) is 9.18. The van der Waals surface area contributed by atoms with Crippen LogP contribution in [0.15, 0.2) is 28.8 Å². The van der Waals surface area contributed by atoms with Crippen LogP contribution < -0.4 is 0 Å². The van der Waals surface area contributed by atoms with Gasteiger partial charge in [-0.25, -0.2) is 0 Å². The second-order valence-electron chi connectivity index (χ2n) is 3.66. The SMILES string of the molecule is CCCc1noc(Cc2ccccc2O)n1. The van der Waals surface area contributed by atoms with Gasteiger partial charge in [0.05, 0.1) is 6.42 Å². The summed E-state index contributed by atoms with van der Waals surface area (Å²) in [4.78, 5) is 4.25. The van der Waals surface area contributed by atoms with Crippen molar-refractivity contribution in [3.8, 4) is 5.75 Å². The molecule has 0 saturated heterocycles. The Morgan fingerprint density at radius 1 is 1.31 bits per heavy atom. The van der Waals surface area contributed by atoms with Gasteiger partial charge < -0.3 is 9.63 Å². The molecule has 0 fully saturated rings. The average molecular weight is 218 g/mol. The maximum atomic E-state index is 9.59. The van der Waals surface area contributed by atoms with E-state index in [1.165, 1.54) is 0 Å². The number of hydrogen-bond acceptors (Lipinski definition) is 4. The average Bonchev–Trinajstić information content (AvgIpc) is 2.70. The fourth-order valence-electron chi connectivity index (χ4n) is 1.51. The molecule has 2 rings (SSSR count). The molecule has 1 N–H and O–H groups in total. The Morgan fingerprint density at radius 3 is 2.88 bits per heavy atom. The second-order valence-corrected chi connectivity index (χ2v) is 3.66. The number of rotatable bonds is 4. The molecule has 0 unspecified atom stereocenters. The zero-order chi connectivity index (χ0) is 11.4. The molecule has 4 heteroatoms. The predicted molar refractivity (Wildman–Crippen MR) is 59.2 cm³/mol. The highest BCUT2D eigenvalue weighted by Crippen LogP contribution is 2.18. The molecular weight excluding hydrogens is 204 g/mol. The van der Waals surface area contributed by atoms with Crippen molar-refractivity contribution in [2.75, 3.05) is 0 Å². The van der Waals surface area contributed by atoms with Crippen molar-refractivity contribution >= 4 is 0 Å². The number of para-hydroxylation sites is 1. The minimum atomic E-state index is 0.262. The van der Waals surface area contributed by atoms with Gasteiger partial charge in [0.2, 0.25) is 5.89 Å². The van der Waals surface area contributed by atoms with Gasteiger partial charge >= 0.3 is 0 Å². The third kappa shape index (κ3) is 2.39. The molecule has 2 aromatic rings. The lowest BCUT2D eigenvalue weighted by atomic mass is 10.1. The Morgan fingerprint density at radius 2 is 2.12 bits per heavy atom. The minimum Gasteiger partial charge on any atom is -0.508 e. The molecule has 0 saturated carbocycles. The van der Waals surface area contributed by atoms with Gasteiger partial charge in [-0.3, -0.25) is 0 Å². The minimum absolute atomic E-state index is 0.262. The van der Waals surface area contributed by atoms with Crippen molar-refractivity contribution in [2.45, 2.75) is 26.2 Å². The number of benzene rings is 1. The lowest BCUT2D eigenvalue weighted by molar-refractivity contribution is 0.377. The van der Waals surface area contributed by atoms with Crippen LogP contribution in [-0.2, 0) is 12.8 Å². The molecule has 0 spiro atoms. The molecular formula is C12H14N2O2. The summed E-state index contributed by atoms with van der Waals surface area (Å²) in [6.07, 6.45) is 2.29. The summed E-state index contributed by atoms with van der Waals surface area (Å²) in [5.41, 5.74) is 0.800. The molecule has 0 bridgehead atoms. The molecule has 0 atom stereocenters. The first kappa shape index (κ1) is 10.7. The molecule has 0 aliphatic carbocycles. The van der Waals surface area contributed by atoms with Gasteiger partial charge in [-0.1, -0.05) is 30.3 Å². The molecule has 0 aliphatic rings. The highest BCUT2D eigenvalue weighted by molar-refractivity contribution is 5.33. The van der Waals surface area contributed by atoms with Gasteiger partial charge in [0.25, 0.3) is 0 Å². The molecule has 1 aromatic carbocycles. The lowest BCUT2D eigenvalue weighted by Gasteiger charge is -1.99. The lowest BCUT2D eigenvalue weighted by Crippen LogP contribution is -1.90. The molecule has 1 aromatic heterocycles. The van der Waals surface area contributed by atoms with Crippen LogP contribution in [0.5, 0.6) is 5.75 Å². The number of phenolic OH excluding ortho intramolecular Hbond substituents is 1. The van der Waals surface area contributed by atoms with Crippen LogP contribution in [-0.4, -0.2) is 15.2 Å². The van der Waals surface area contributed by atoms with Crippen LogP contribution in [0.1, 0.15) is 30.6 Å². The first-order valence-corrected chi connectivity index (χ1v) is 5.38. The first-order valence-electron chi connectivity index (χ1n) is 5.38. The number of phenols is 1. The molecule has 84 valence electrons. The van der Waals surface area contributed by atoms with Gasteiger partial charge in [-0.05, 0) is 12.5 Å². The Balaban J connectivity index is 2.11. The second kappa shape index (κ2) is 4.79.